The maximum Gasteiger partial charge on any atom is 0.251 e. The molecule has 1 aromatic carbocycles. The molecule has 0 fully saturated rings. The van der Waals surface area contributed by atoms with Gasteiger partial charge in [-0.25, -0.2) is 0 Å². The zero-order valence-electron chi connectivity index (χ0n) is 15.9. The van der Waals surface area contributed by atoms with Crippen LogP contribution in [0.25, 0.3) is 0 Å². The van der Waals surface area contributed by atoms with Gasteiger partial charge in [-0.3, -0.25) is 9.59 Å². The van der Waals surface area contributed by atoms with Crippen LogP contribution in [0.5, 0.6) is 5.75 Å². The quantitative estimate of drug-likeness (QED) is 0.469. The van der Waals surface area contributed by atoms with E-state index < -0.39 is 6.04 Å². The fourth-order valence-electron chi connectivity index (χ4n) is 2.44. The Morgan fingerprint density at radius 3 is 2.46 bits per heavy atom. The molecule has 0 heterocycles. The maximum absolute atomic E-state index is 12.4. The zero-order chi connectivity index (χ0) is 19.4. The van der Waals surface area contributed by atoms with Gasteiger partial charge in [0, 0.05) is 5.56 Å². The number of nitriles is 1. The second-order valence-corrected chi connectivity index (χ2v) is 6.61. The standard InChI is InChI=1S/C20H29N3O3/c1-4-5-6-13-26-17-9-7-16(8-10-17)19(24)23-18(14-15(2)3)20(25)22-12-11-21/h7-10,15,18H,4-6,12-14H2,1-3H3,(H,22,25)(H,23,24). The monoisotopic (exact) mass is 359 g/mol. The summed E-state index contributed by atoms with van der Waals surface area (Å²) in [6, 6.07) is 8.08. The third-order valence-corrected chi connectivity index (χ3v) is 3.80. The lowest BCUT2D eigenvalue weighted by Gasteiger charge is -2.19. The number of amides is 2. The Morgan fingerprint density at radius 1 is 1.19 bits per heavy atom. The Kier molecular flexibility index (Phi) is 9.85. The van der Waals surface area contributed by atoms with Crippen molar-refractivity contribution in [3.8, 4) is 11.8 Å². The molecule has 6 nitrogen and oxygen atoms in total. The Labute approximate surface area is 155 Å². The van der Waals surface area contributed by atoms with Crippen molar-refractivity contribution in [1.29, 1.82) is 5.26 Å². The molecule has 0 spiro atoms. The van der Waals surface area contributed by atoms with E-state index in [9.17, 15) is 9.59 Å². The molecule has 0 bridgehead atoms. The van der Waals surface area contributed by atoms with Crippen molar-refractivity contribution in [2.75, 3.05) is 13.2 Å². The summed E-state index contributed by atoms with van der Waals surface area (Å²) < 4.78 is 5.63. The van der Waals surface area contributed by atoms with E-state index in [1.807, 2.05) is 19.9 Å². The lowest BCUT2D eigenvalue weighted by Crippen LogP contribution is -2.47. The molecule has 142 valence electrons. The molecule has 1 atom stereocenters. The van der Waals surface area contributed by atoms with Gasteiger partial charge in [-0.1, -0.05) is 33.6 Å². The first-order valence-electron chi connectivity index (χ1n) is 9.16. The van der Waals surface area contributed by atoms with Crippen molar-refractivity contribution in [2.24, 2.45) is 5.92 Å². The predicted molar refractivity (Wildman–Crippen MR) is 101 cm³/mol. The normalized spacial score (nSPS) is 11.5. The van der Waals surface area contributed by atoms with E-state index in [1.165, 1.54) is 0 Å². The van der Waals surface area contributed by atoms with Gasteiger partial charge in [-0.15, -0.1) is 0 Å². The van der Waals surface area contributed by atoms with Crippen molar-refractivity contribution in [2.45, 2.75) is 52.5 Å². The number of ether oxygens (including phenoxy) is 1. The van der Waals surface area contributed by atoms with Crippen LogP contribution in [0.1, 0.15) is 56.8 Å². The van der Waals surface area contributed by atoms with Gasteiger partial charge in [-0.05, 0) is 43.0 Å². The van der Waals surface area contributed by atoms with E-state index in [0.717, 1.165) is 25.0 Å². The van der Waals surface area contributed by atoms with Gasteiger partial charge < -0.3 is 15.4 Å². The van der Waals surface area contributed by atoms with Crippen molar-refractivity contribution in [3.05, 3.63) is 29.8 Å². The first-order valence-corrected chi connectivity index (χ1v) is 9.16. The van der Waals surface area contributed by atoms with Crippen molar-refractivity contribution in [3.63, 3.8) is 0 Å². The Balaban J connectivity index is 2.64. The molecule has 2 N–H and O–H groups in total. The predicted octanol–water partition coefficient (Wildman–Crippen LogP) is 3.04. The molecule has 0 aromatic heterocycles. The van der Waals surface area contributed by atoms with Crippen molar-refractivity contribution < 1.29 is 14.3 Å². The molecule has 0 radical (unpaired) electrons. The summed E-state index contributed by atoms with van der Waals surface area (Å²) in [7, 11) is 0. The fraction of sp³-hybridized carbons (Fsp3) is 0.550. The molecule has 0 aliphatic heterocycles. The van der Waals surface area contributed by atoms with Gasteiger partial charge in [0.15, 0.2) is 0 Å². The highest BCUT2D eigenvalue weighted by atomic mass is 16.5. The minimum atomic E-state index is -0.666. The number of hydrogen-bond donors (Lipinski definition) is 2. The molecular formula is C20H29N3O3. The molecule has 0 saturated carbocycles. The second kappa shape index (κ2) is 11.9. The van der Waals surface area contributed by atoms with Crippen LogP contribution in [0.3, 0.4) is 0 Å². The average molecular weight is 359 g/mol. The average Bonchev–Trinajstić information content (AvgIpc) is 2.62. The van der Waals surface area contributed by atoms with Crippen LogP contribution in [0.4, 0.5) is 0 Å². The number of unbranched alkanes of at least 4 members (excludes halogenated alkanes) is 2. The Hall–Kier alpha value is -2.55. The molecule has 0 saturated heterocycles. The smallest absolute Gasteiger partial charge is 0.251 e. The number of rotatable bonds is 11. The number of carbonyl (C=O) groups excluding carboxylic acids is 2. The zero-order valence-corrected chi connectivity index (χ0v) is 15.9. The number of hydrogen-bond acceptors (Lipinski definition) is 4. The van der Waals surface area contributed by atoms with Gasteiger partial charge in [0.25, 0.3) is 5.91 Å². The summed E-state index contributed by atoms with van der Waals surface area (Å²) in [5.74, 6) is 0.292. The molecule has 2 amide bonds. The van der Waals surface area contributed by atoms with Gasteiger partial charge >= 0.3 is 0 Å². The summed E-state index contributed by atoms with van der Waals surface area (Å²) in [4.78, 5) is 24.6. The topological polar surface area (TPSA) is 91.2 Å². The van der Waals surface area contributed by atoms with E-state index in [-0.39, 0.29) is 24.3 Å². The molecular weight excluding hydrogens is 330 g/mol. The minimum absolute atomic E-state index is 0.0760. The minimum Gasteiger partial charge on any atom is -0.494 e. The molecule has 1 aromatic rings. The molecule has 1 unspecified atom stereocenters. The molecule has 0 aliphatic carbocycles. The van der Waals surface area contributed by atoms with E-state index in [2.05, 4.69) is 17.6 Å². The number of carbonyl (C=O) groups is 2. The number of benzene rings is 1. The summed E-state index contributed by atoms with van der Waals surface area (Å²) in [5.41, 5.74) is 0.466. The lowest BCUT2D eigenvalue weighted by atomic mass is 10.0. The first kappa shape index (κ1) is 21.5. The maximum atomic E-state index is 12.4. The third-order valence-electron chi connectivity index (χ3n) is 3.80. The highest BCUT2D eigenvalue weighted by molar-refractivity contribution is 5.97. The summed E-state index contributed by atoms with van der Waals surface area (Å²) in [6.45, 7) is 6.67. The van der Waals surface area contributed by atoms with Crippen LogP contribution >= 0.6 is 0 Å². The summed E-state index contributed by atoms with van der Waals surface area (Å²) >= 11 is 0. The van der Waals surface area contributed by atoms with Crippen LogP contribution in [0, 0.1) is 17.2 Å². The van der Waals surface area contributed by atoms with Crippen LogP contribution in [-0.2, 0) is 4.79 Å². The molecule has 1 rings (SSSR count). The van der Waals surface area contributed by atoms with Crippen LogP contribution in [-0.4, -0.2) is 31.0 Å². The summed E-state index contributed by atoms with van der Waals surface area (Å²) in [6.07, 6.45) is 3.78. The van der Waals surface area contributed by atoms with E-state index in [0.29, 0.717) is 18.6 Å². The van der Waals surface area contributed by atoms with E-state index in [4.69, 9.17) is 10.00 Å². The Morgan fingerprint density at radius 2 is 1.88 bits per heavy atom. The number of nitrogens with one attached hydrogen (secondary N) is 2. The van der Waals surface area contributed by atoms with Crippen molar-refractivity contribution in [1.82, 2.24) is 10.6 Å². The van der Waals surface area contributed by atoms with Gasteiger partial charge in [0.1, 0.15) is 18.3 Å². The van der Waals surface area contributed by atoms with Gasteiger partial charge in [-0.2, -0.15) is 5.26 Å². The lowest BCUT2D eigenvalue weighted by molar-refractivity contribution is -0.123. The van der Waals surface area contributed by atoms with Gasteiger partial charge in [0.05, 0.1) is 12.7 Å². The first-order chi connectivity index (χ1) is 12.5. The highest BCUT2D eigenvalue weighted by Gasteiger charge is 2.22. The Bertz CT molecular complexity index is 606. The van der Waals surface area contributed by atoms with E-state index in [1.54, 1.807) is 24.3 Å². The molecule has 0 aliphatic rings. The fourth-order valence-corrected chi connectivity index (χ4v) is 2.44. The van der Waals surface area contributed by atoms with Crippen LogP contribution < -0.4 is 15.4 Å². The van der Waals surface area contributed by atoms with Crippen LogP contribution in [0.2, 0.25) is 0 Å². The summed E-state index contributed by atoms with van der Waals surface area (Å²) in [5, 5.41) is 13.8. The van der Waals surface area contributed by atoms with Gasteiger partial charge in [0.2, 0.25) is 5.91 Å². The number of nitrogens with zero attached hydrogens (tertiary/aromatic N) is 1. The van der Waals surface area contributed by atoms with E-state index >= 15 is 0 Å². The second-order valence-electron chi connectivity index (χ2n) is 6.61. The highest BCUT2D eigenvalue weighted by Crippen LogP contribution is 2.14. The third kappa shape index (κ3) is 8.02. The van der Waals surface area contributed by atoms with Crippen molar-refractivity contribution >= 4 is 11.8 Å². The largest absolute Gasteiger partial charge is 0.494 e. The SMILES string of the molecule is CCCCCOc1ccc(C(=O)NC(CC(C)C)C(=O)NCC#N)cc1. The van der Waals surface area contributed by atoms with Crippen LogP contribution in [0.15, 0.2) is 24.3 Å². The molecule has 26 heavy (non-hydrogen) atoms. The molecule has 6 heteroatoms.